The molecule has 0 saturated heterocycles. The molecule has 0 fully saturated rings. The van der Waals surface area contributed by atoms with Crippen LogP contribution in [-0.2, 0) is 11.8 Å². The van der Waals surface area contributed by atoms with Gasteiger partial charge in [-0.3, -0.25) is 10.3 Å². The van der Waals surface area contributed by atoms with Gasteiger partial charge in [0.15, 0.2) is 0 Å². The van der Waals surface area contributed by atoms with Crippen LogP contribution >= 0.6 is 0 Å². The fourth-order valence-corrected chi connectivity index (χ4v) is 4.21. The topological polar surface area (TPSA) is 81.1 Å². The summed E-state index contributed by atoms with van der Waals surface area (Å²) in [7, 11) is 0. The molecule has 0 bridgehead atoms. The number of aryl methyl sites for hydroxylation is 1. The molecule has 2 amide bonds. The Morgan fingerprint density at radius 3 is 2.32 bits per heavy atom. The Hall–Kier alpha value is -4.13. The fraction of sp³-hybridized carbons (Fsp3) is 0.222. The maximum absolute atomic E-state index is 13.0. The van der Waals surface area contributed by atoms with Crippen molar-refractivity contribution in [3.8, 4) is 17.2 Å². The zero-order chi connectivity index (χ0) is 23.7. The van der Waals surface area contributed by atoms with Gasteiger partial charge in [0.05, 0.1) is 11.4 Å². The molecular weight excluding hydrogens is 426 g/mol. The van der Waals surface area contributed by atoms with Crippen molar-refractivity contribution < 1.29 is 9.53 Å². The molecule has 5 rings (SSSR count). The van der Waals surface area contributed by atoms with E-state index in [1.165, 1.54) is 5.56 Å². The van der Waals surface area contributed by atoms with E-state index in [4.69, 9.17) is 9.84 Å². The van der Waals surface area contributed by atoms with Crippen LogP contribution < -0.4 is 15.4 Å². The molecule has 0 atom stereocenters. The average molecular weight is 454 g/mol. The molecule has 4 aromatic rings. The predicted octanol–water partition coefficient (Wildman–Crippen LogP) is 6.24. The van der Waals surface area contributed by atoms with Crippen LogP contribution in [0, 0.1) is 6.92 Å². The third-order valence-corrected chi connectivity index (χ3v) is 6.13. The van der Waals surface area contributed by atoms with Crippen molar-refractivity contribution in [2.75, 3.05) is 10.6 Å². The van der Waals surface area contributed by atoms with E-state index in [2.05, 4.69) is 36.4 Å². The van der Waals surface area contributed by atoms with Gasteiger partial charge in [-0.1, -0.05) is 31.5 Å². The summed E-state index contributed by atoms with van der Waals surface area (Å²) in [5.41, 5.74) is 4.87. The lowest BCUT2D eigenvalue weighted by Gasteiger charge is -2.16. The SMILES string of the molecule is Cc1ccc(-n2nc3c(c2NC(=O)Nc2ccc(Oc4ccncc4)cc2)CCC3(C)C)cc1. The van der Waals surface area contributed by atoms with Crippen molar-refractivity contribution in [3.63, 3.8) is 0 Å². The molecule has 7 nitrogen and oxygen atoms in total. The molecule has 2 aromatic carbocycles. The summed E-state index contributed by atoms with van der Waals surface area (Å²) in [5.74, 6) is 2.10. The first-order valence-corrected chi connectivity index (χ1v) is 11.3. The van der Waals surface area contributed by atoms with E-state index in [0.29, 0.717) is 17.2 Å². The number of hydrogen-bond acceptors (Lipinski definition) is 4. The molecule has 0 unspecified atom stereocenters. The minimum absolute atomic E-state index is 0.0250. The summed E-state index contributed by atoms with van der Waals surface area (Å²) in [6, 6.07) is 18.6. The summed E-state index contributed by atoms with van der Waals surface area (Å²) in [4.78, 5) is 16.9. The summed E-state index contributed by atoms with van der Waals surface area (Å²) in [6.45, 7) is 6.45. The molecule has 34 heavy (non-hydrogen) atoms. The third kappa shape index (κ3) is 4.37. The zero-order valence-electron chi connectivity index (χ0n) is 19.5. The maximum atomic E-state index is 13.0. The van der Waals surface area contributed by atoms with Gasteiger partial charge in [0.2, 0.25) is 0 Å². The minimum atomic E-state index is -0.316. The molecule has 2 heterocycles. The Morgan fingerprint density at radius 1 is 0.941 bits per heavy atom. The van der Waals surface area contributed by atoms with E-state index < -0.39 is 0 Å². The predicted molar refractivity (Wildman–Crippen MR) is 133 cm³/mol. The Balaban J connectivity index is 1.35. The number of amides is 2. The van der Waals surface area contributed by atoms with Gasteiger partial charge in [-0.15, -0.1) is 0 Å². The number of ether oxygens (including phenoxy) is 1. The lowest BCUT2D eigenvalue weighted by Crippen LogP contribution is -2.22. The standard InChI is InChI=1S/C27H27N5O2/c1-18-4-8-20(9-5-18)32-25(23-12-15-27(2,3)24(23)31-32)30-26(33)29-19-6-10-21(11-7-19)34-22-13-16-28-17-14-22/h4-11,13-14,16-17H,12,15H2,1-3H3,(H2,29,30,33). The summed E-state index contributed by atoms with van der Waals surface area (Å²) < 4.78 is 7.63. The number of rotatable bonds is 5. The number of aromatic nitrogens is 3. The van der Waals surface area contributed by atoms with Gasteiger partial charge in [0.25, 0.3) is 0 Å². The van der Waals surface area contributed by atoms with Gasteiger partial charge in [0.1, 0.15) is 17.3 Å². The van der Waals surface area contributed by atoms with Crippen molar-refractivity contribution in [2.24, 2.45) is 0 Å². The summed E-state index contributed by atoms with van der Waals surface area (Å²) in [6.07, 6.45) is 5.24. The van der Waals surface area contributed by atoms with E-state index in [9.17, 15) is 4.79 Å². The van der Waals surface area contributed by atoms with Crippen LogP contribution in [0.4, 0.5) is 16.3 Å². The monoisotopic (exact) mass is 453 g/mol. The number of nitrogens with one attached hydrogen (secondary N) is 2. The normalized spacial score (nSPS) is 13.9. The van der Waals surface area contributed by atoms with Gasteiger partial charge in [0, 0.05) is 29.1 Å². The second kappa shape index (κ2) is 8.67. The minimum Gasteiger partial charge on any atom is -0.457 e. The molecule has 1 aliphatic carbocycles. The first-order valence-electron chi connectivity index (χ1n) is 11.3. The van der Waals surface area contributed by atoms with Gasteiger partial charge in [-0.2, -0.15) is 5.10 Å². The van der Waals surface area contributed by atoms with Crippen molar-refractivity contribution >= 4 is 17.5 Å². The van der Waals surface area contributed by atoms with Crippen LogP contribution in [0.2, 0.25) is 0 Å². The zero-order valence-corrected chi connectivity index (χ0v) is 19.5. The Kier molecular flexibility index (Phi) is 5.53. The quantitative estimate of drug-likeness (QED) is 0.375. The van der Waals surface area contributed by atoms with E-state index in [-0.39, 0.29) is 11.4 Å². The van der Waals surface area contributed by atoms with Gasteiger partial charge in [-0.25, -0.2) is 9.48 Å². The van der Waals surface area contributed by atoms with Crippen molar-refractivity contribution in [1.29, 1.82) is 0 Å². The van der Waals surface area contributed by atoms with Crippen molar-refractivity contribution in [3.05, 3.63) is 89.9 Å². The molecular formula is C27H27N5O2. The first kappa shape index (κ1) is 21.7. The second-order valence-electron chi connectivity index (χ2n) is 9.20. The van der Waals surface area contributed by atoms with Crippen molar-refractivity contribution in [1.82, 2.24) is 14.8 Å². The number of pyridine rings is 1. The molecule has 0 radical (unpaired) electrons. The molecule has 2 aromatic heterocycles. The number of carbonyl (C=O) groups is 1. The molecule has 0 saturated carbocycles. The van der Waals surface area contributed by atoms with Crippen LogP contribution in [0.1, 0.15) is 37.1 Å². The Morgan fingerprint density at radius 2 is 1.62 bits per heavy atom. The highest BCUT2D eigenvalue weighted by atomic mass is 16.5. The number of benzene rings is 2. The third-order valence-electron chi connectivity index (χ3n) is 6.13. The van der Waals surface area contributed by atoms with Gasteiger partial charge < -0.3 is 10.1 Å². The largest absolute Gasteiger partial charge is 0.457 e. The van der Waals surface area contributed by atoms with Crippen molar-refractivity contribution in [2.45, 2.75) is 39.0 Å². The Bertz CT molecular complexity index is 1310. The Labute approximate surface area is 198 Å². The second-order valence-corrected chi connectivity index (χ2v) is 9.20. The molecule has 172 valence electrons. The van der Waals surface area contributed by atoms with Crippen LogP contribution in [-0.4, -0.2) is 20.8 Å². The highest BCUT2D eigenvalue weighted by Crippen LogP contribution is 2.42. The molecule has 7 heteroatoms. The average Bonchev–Trinajstić information content (AvgIpc) is 3.33. The summed E-state index contributed by atoms with van der Waals surface area (Å²) >= 11 is 0. The molecule has 0 spiro atoms. The lowest BCUT2D eigenvalue weighted by molar-refractivity contribution is 0.262. The molecule has 0 aliphatic heterocycles. The van der Waals surface area contributed by atoms with Crippen LogP contribution in [0.5, 0.6) is 11.5 Å². The van der Waals surface area contributed by atoms with E-state index in [1.807, 2.05) is 41.1 Å². The number of carbonyl (C=O) groups excluding carboxylic acids is 1. The number of urea groups is 1. The number of anilines is 2. The number of fused-ring (bicyclic) bond motifs is 1. The van der Waals surface area contributed by atoms with Gasteiger partial charge >= 0.3 is 6.03 Å². The van der Waals surface area contributed by atoms with E-state index >= 15 is 0 Å². The highest BCUT2D eigenvalue weighted by Gasteiger charge is 2.36. The van der Waals surface area contributed by atoms with Gasteiger partial charge in [-0.05, 0) is 68.3 Å². The molecule has 2 N–H and O–H groups in total. The molecule has 1 aliphatic rings. The highest BCUT2D eigenvalue weighted by molar-refractivity contribution is 6.00. The van der Waals surface area contributed by atoms with Crippen LogP contribution in [0.3, 0.4) is 0 Å². The first-order chi connectivity index (χ1) is 16.4. The van der Waals surface area contributed by atoms with E-state index in [1.54, 1.807) is 36.7 Å². The van der Waals surface area contributed by atoms with Crippen LogP contribution in [0.25, 0.3) is 5.69 Å². The number of hydrogen-bond donors (Lipinski definition) is 2. The van der Waals surface area contributed by atoms with E-state index in [0.717, 1.165) is 35.6 Å². The smallest absolute Gasteiger partial charge is 0.324 e. The number of nitrogens with zero attached hydrogens (tertiary/aromatic N) is 3. The van der Waals surface area contributed by atoms with Crippen LogP contribution in [0.15, 0.2) is 73.1 Å². The maximum Gasteiger partial charge on any atom is 0.324 e. The lowest BCUT2D eigenvalue weighted by atomic mass is 9.91. The summed E-state index contributed by atoms with van der Waals surface area (Å²) in [5, 5.41) is 10.9. The fourth-order valence-electron chi connectivity index (χ4n) is 4.21.